The van der Waals surface area contributed by atoms with E-state index in [-0.39, 0.29) is 11.9 Å². The highest BCUT2D eigenvalue weighted by Crippen LogP contribution is 2.24. The number of hydrogen-bond donors (Lipinski definition) is 1. The predicted molar refractivity (Wildman–Crippen MR) is 67.8 cm³/mol. The molecule has 0 saturated carbocycles. The second-order valence-corrected chi connectivity index (χ2v) is 4.82. The fourth-order valence-electron chi connectivity index (χ4n) is 1.61. The van der Waals surface area contributed by atoms with Crippen LogP contribution in [0.25, 0.3) is 0 Å². The highest BCUT2D eigenvalue weighted by atomic mass is 35.5. The molecule has 0 aliphatic heterocycles. The van der Waals surface area contributed by atoms with Crippen LogP contribution in [-0.2, 0) is 4.79 Å². The largest absolute Gasteiger partial charge is 0.352 e. The van der Waals surface area contributed by atoms with E-state index in [0.29, 0.717) is 0 Å². The lowest BCUT2D eigenvalue weighted by Gasteiger charge is -2.15. The quantitative estimate of drug-likeness (QED) is 0.807. The summed E-state index contributed by atoms with van der Waals surface area (Å²) in [7, 11) is 0. The summed E-state index contributed by atoms with van der Waals surface area (Å²) in [4.78, 5) is 11.7. The van der Waals surface area contributed by atoms with Crippen molar-refractivity contribution in [2.45, 2.75) is 39.1 Å². The van der Waals surface area contributed by atoms with Crippen LogP contribution >= 0.6 is 11.6 Å². The van der Waals surface area contributed by atoms with E-state index in [1.165, 1.54) is 5.56 Å². The molecule has 1 unspecified atom stereocenters. The van der Waals surface area contributed by atoms with E-state index in [0.717, 1.165) is 11.1 Å². The third-order valence-corrected chi connectivity index (χ3v) is 2.79. The SMILES string of the molecule is Cc1ccc(C(Cl)C(=O)NC(C)C)c(C)c1. The lowest BCUT2D eigenvalue weighted by molar-refractivity contribution is -0.121. The van der Waals surface area contributed by atoms with Crippen molar-refractivity contribution in [3.8, 4) is 0 Å². The highest BCUT2D eigenvalue weighted by molar-refractivity contribution is 6.30. The summed E-state index contributed by atoms with van der Waals surface area (Å²) in [6, 6.07) is 6.04. The Hall–Kier alpha value is -1.02. The summed E-state index contributed by atoms with van der Waals surface area (Å²) in [5, 5.41) is 2.20. The molecule has 0 radical (unpaired) electrons. The molecule has 16 heavy (non-hydrogen) atoms. The Bertz CT molecular complexity index is 388. The van der Waals surface area contributed by atoms with Gasteiger partial charge in [-0.15, -0.1) is 11.6 Å². The third kappa shape index (κ3) is 3.24. The fraction of sp³-hybridized carbons (Fsp3) is 0.462. The van der Waals surface area contributed by atoms with Gasteiger partial charge < -0.3 is 5.32 Å². The summed E-state index contributed by atoms with van der Waals surface area (Å²) in [5.41, 5.74) is 3.11. The number of halogens is 1. The first-order chi connectivity index (χ1) is 7.41. The molecule has 1 atom stereocenters. The van der Waals surface area contributed by atoms with E-state index < -0.39 is 5.38 Å². The minimum absolute atomic E-state index is 0.111. The van der Waals surface area contributed by atoms with Crippen LogP contribution in [0.1, 0.15) is 35.9 Å². The minimum atomic E-state index is -0.608. The number of hydrogen-bond acceptors (Lipinski definition) is 1. The van der Waals surface area contributed by atoms with Crippen LogP contribution in [0.5, 0.6) is 0 Å². The van der Waals surface area contributed by atoms with Crippen LogP contribution in [0, 0.1) is 13.8 Å². The molecule has 0 heterocycles. The molecular weight excluding hydrogens is 222 g/mol. The van der Waals surface area contributed by atoms with Crippen molar-refractivity contribution in [3.63, 3.8) is 0 Å². The molecule has 1 aromatic carbocycles. The lowest BCUT2D eigenvalue weighted by Crippen LogP contribution is -2.33. The van der Waals surface area contributed by atoms with Crippen molar-refractivity contribution < 1.29 is 4.79 Å². The van der Waals surface area contributed by atoms with Gasteiger partial charge in [0.1, 0.15) is 5.38 Å². The summed E-state index contributed by atoms with van der Waals surface area (Å²) in [6.07, 6.45) is 0. The van der Waals surface area contributed by atoms with Crippen LogP contribution in [0.3, 0.4) is 0 Å². The summed E-state index contributed by atoms with van der Waals surface area (Å²) in [5.74, 6) is -0.136. The van der Waals surface area contributed by atoms with Crippen LogP contribution in [0.4, 0.5) is 0 Å². The Morgan fingerprint density at radius 2 is 1.94 bits per heavy atom. The first-order valence-corrected chi connectivity index (χ1v) is 5.87. The van der Waals surface area contributed by atoms with E-state index in [1.807, 2.05) is 45.9 Å². The smallest absolute Gasteiger partial charge is 0.242 e. The van der Waals surface area contributed by atoms with Crippen molar-refractivity contribution in [3.05, 3.63) is 34.9 Å². The average molecular weight is 240 g/mol. The Morgan fingerprint density at radius 3 is 2.44 bits per heavy atom. The van der Waals surface area contributed by atoms with E-state index in [2.05, 4.69) is 5.32 Å². The minimum Gasteiger partial charge on any atom is -0.352 e. The van der Waals surface area contributed by atoms with Gasteiger partial charge in [-0.2, -0.15) is 0 Å². The Labute approximate surface area is 102 Å². The lowest BCUT2D eigenvalue weighted by atomic mass is 10.0. The van der Waals surface area contributed by atoms with Crippen molar-refractivity contribution in [2.24, 2.45) is 0 Å². The number of carbonyl (C=O) groups excluding carboxylic acids is 1. The van der Waals surface area contributed by atoms with Crippen LogP contribution in [0.2, 0.25) is 0 Å². The second kappa shape index (κ2) is 5.35. The Balaban J connectivity index is 2.87. The fourth-order valence-corrected chi connectivity index (χ4v) is 1.92. The van der Waals surface area contributed by atoms with Gasteiger partial charge in [0.25, 0.3) is 0 Å². The molecule has 88 valence electrons. The van der Waals surface area contributed by atoms with Gasteiger partial charge in [0, 0.05) is 6.04 Å². The molecule has 2 nitrogen and oxygen atoms in total. The highest BCUT2D eigenvalue weighted by Gasteiger charge is 2.19. The standard InChI is InChI=1S/C13H18ClNO/c1-8(2)15-13(16)12(14)11-6-5-9(3)7-10(11)4/h5-8,12H,1-4H3,(H,15,16). The predicted octanol–water partition coefficient (Wildman–Crippen LogP) is 3.11. The van der Waals surface area contributed by atoms with Gasteiger partial charge in [0.2, 0.25) is 5.91 Å². The number of amides is 1. The molecule has 0 fully saturated rings. The number of nitrogens with one attached hydrogen (secondary N) is 1. The molecule has 0 aliphatic rings. The van der Waals surface area contributed by atoms with Gasteiger partial charge in [0.05, 0.1) is 0 Å². The van der Waals surface area contributed by atoms with Crippen LogP contribution < -0.4 is 5.32 Å². The number of aryl methyl sites for hydroxylation is 2. The van der Waals surface area contributed by atoms with E-state index in [9.17, 15) is 4.79 Å². The maximum atomic E-state index is 11.7. The number of rotatable bonds is 3. The summed E-state index contributed by atoms with van der Waals surface area (Å²) >= 11 is 6.15. The third-order valence-electron chi connectivity index (χ3n) is 2.36. The Morgan fingerprint density at radius 1 is 1.31 bits per heavy atom. The molecular formula is C13H18ClNO. The molecule has 0 aromatic heterocycles. The van der Waals surface area contributed by atoms with Gasteiger partial charge in [-0.25, -0.2) is 0 Å². The maximum absolute atomic E-state index is 11.7. The maximum Gasteiger partial charge on any atom is 0.242 e. The first kappa shape index (κ1) is 13.0. The zero-order valence-electron chi connectivity index (χ0n) is 10.2. The van der Waals surface area contributed by atoms with Gasteiger partial charge >= 0.3 is 0 Å². The van der Waals surface area contributed by atoms with Crippen molar-refractivity contribution in [1.82, 2.24) is 5.32 Å². The van der Waals surface area contributed by atoms with Crippen molar-refractivity contribution in [1.29, 1.82) is 0 Å². The van der Waals surface area contributed by atoms with Crippen molar-refractivity contribution in [2.75, 3.05) is 0 Å². The van der Waals surface area contributed by atoms with Gasteiger partial charge in [-0.3, -0.25) is 4.79 Å². The van der Waals surface area contributed by atoms with Crippen LogP contribution in [-0.4, -0.2) is 11.9 Å². The summed E-state index contributed by atoms with van der Waals surface area (Å²) in [6.45, 7) is 7.83. The second-order valence-electron chi connectivity index (χ2n) is 4.39. The molecule has 0 spiro atoms. The molecule has 0 saturated heterocycles. The van der Waals surface area contributed by atoms with E-state index in [4.69, 9.17) is 11.6 Å². The molecule has 1 N–H and O–H groups in total. The number of alkyl halides is 1. The molecule has 0 aliphatic carbocycles. The Kier molecular flexibility index (Phi) is 4.36. The average Bonchev–Trinajstić information content (AvgIpc) is 2.15. The normalized spacial score (nSPS) is 12.6. The first-order valence-electron chi connectivity index (χ1n) is 5.43. The number of benzene rings is 1. The van der Waals surface area contributed by atoms with E-state index >= 15 is 0 Å². The molecule has 0 bridgehead atoms. The monoisotopic (exact) mass is 239 g/mol. The zero-order valence-corrected chi connectivity index (χ0v) is 10.9. The molecule has 3 heteroatoms. The molecule has 1 rings (SSSR count). The zero-order chi connectivity index (χ0) is 12.3. The van der Waals surface area contributed by atoms with Gasteiger partial charge in [-0.1, -0.05) is 23.8 Å². The van der Waals surface area contributed by atoms with Crippen LogP contribution in [0.15, 0.2) is 18.2 Å². The molecule has 1 aromatic rings. The van der Waals surface area contributed by atoms with Crippen molar-refractivity contribution >= 4 is 17.5 Å². The van der Waals surface area contributed by atoms with Gasteiger partial charge in [-0.05, 0) is 38.8 Å². The van der Waals surface area contributed by atoms with E-state index in [1.54, 1.807) is 0 Å². The number of carbonyl (C=O) groups is 1. The topological polar surface area (TPSA) is 29.1 Å². The van der Waals surface area contributed by atoms with Gasteiger partial charge in [0.15, 0.2) is 0 Å². The molecule has 1 amide bonds. The summed E-state index contributed by atoms with van der Waals surface area (Å²) < 4.78 is 0.